The Kier molecular flexibility index (Phi) is 2.62. The molecule has 1 fully saturated rings. The van der Waals surface area contributed by atoms with Crippen molar-refractivity contribution in [1.29, 1.82) is 0 Å². The molecule has 2 atom stereocenters. The summed E-state index contributed by atoms with van der Waals surface area (Å²) in [5.74, 6) is 0. The van der Waals surface area contributed by atoms with Gasteiger partial charge in [-0.2, -0.15) is 0 Å². The molecule has 0 radical (unpaired) electrons. The van der Waals surface area contributed by atoms with E-state index in [9.17, 15) is 4.79 Å². The molecule has 0 bridgehead atoms. The third kappa shape index (κ3) is 1.77. The maximum atomic E-state index is 11.5. The lowest BCUT2D eigenvalue weighted by molar-refractivity contribution is 0.141. The van der Waals surface area contributed by atoms with Gasteiger partial charge in [-0.1, -0.05) is 44.2 Å². The molecule has 0 saturated carbocycles. The molecule has 86 valence electrons. The first-order valence-electron chi connectivity index (χ1n) is 5.64. The maximum absolute atomic E-state index is 11.5. The summed E-state index contributed by atoms with van der Waals surface area (Å²) >= 11 is 0. The van der Waals surface area contributed by atoms with Crippen LogP contribution in [0.25, 0.3) is 0 Å². The summed E-state index contributed by atoms with van der Waals surface area (Å²) in [6, 6.07) is 10.3. The number of benzene rings is 1. The second kappa shape index (κ2) is 3.81. The largest absolute Gasteiger partial charge is 0.335 e. The zero-order valence-corrected chi connectivity index (χ0v) is 9.95. The molecule has 1 aliphatic heterocycles. The highest BCUT2D eigenvalue weighted by Gasteiger charge is 2.41. The fraction of sp³-hybridized carbons (Fsp3) is 0.462. The maximum Gasteiger partial charge on any atom is 0.315 e. The third-order valence-electron chi connectivity index (χ3n) is 3.62. The Morgan fingerprint density at radius 2 is 1.75 bits per heavy atom. The average molecular weight is 218 g/mol. The van der Waals surface area contributed by atoms with E-state index in [1.165, 1.54) is 0 Å². The molecule has 0 aliphatic carbocycles. The van der Waals surface area contributed by atoms with Gasteiger partial charge in [0, 0.05) is 11.5 Å². The monoisotopic (exact) mass is 218 g/mol. The Hall–Kier alpha value is -1.51. The Morgan fingerprint density at radius 3 is 2.38 bits per heavy atom. The molecular formula is C13H18N2O. The molecule has 1 aliphatic rings. The van der Waals surface area contributed by atoms with Crippen LogP contribution in [0.4, 0.5) is 4.79 Å². The summed E-state index contributed by atoms with van der Waals surface area (Å²) < 4.78 is 0. The lowest BCUT2D eigenvalue weighted by Gasteiger charge is -2.44. The van der Waals surface area contributed by atoms with Gasteiger partial charge in [-0.05, 0) is 12.5 Å². The minimum absolute atomic E-state index is 0.00470. The molecular weight excluding hydrogens is 200 g/mol. The summed E-state index contributed by atoms with van der Waals surface area (Å²) in [5.41, 5.74) is 1.16. The number of rotatable bonds is 1. The average Bonchev–Trinajstić information content (AvgIpc) is 2.25. The number of nitrogens with one attached hydrogen (secondary N) is 2. The van der Waals surface area contributed by atoms with Gasteiger partial charge in [-0.15, -0.1) is 0 Å². The Labute approximate surface area is 96.2 Å². The Bertz CT molecular complexity index is 386. The van der Waals surface area contributed by atoms with Gasteiger partial charge in [0.2, 0.25) is 0 Å². The van der Waals surface area contributed by atoms with E-state index in [0.717, 1.165) is 5.56 Å². The molecule has 16 heavy (non-hydrogen) atoms. The number of carbonyl (C=O) groups is 1. The van der Waals surface area contributed by atoms with Crippen molar-refractivity contribution in [3.8, 4) is 0 Å². The molecule has 3 heteroatoms. The normalized spacial score (nSPS) is 28.1. The van der Waals surface area contributed by atoms with Crippen molar-refractivity contribution in [2.45, 2.75) is 32.9 Å². The summed E-state index contributed by atoms with van der Waals surface area (Å²) in [6.45, 7) is 6.39. The van der Waals surface area contributed by atoms with Gasteiger partial charge >= 0.3 is 6.03 Å². The van der Waals surface area contributed by atoms with E-state index in [1.54, 1.807) is 0 Å². The van der Waals surface area contributed by atoms with E-state index < -0.39 is 0 Å². The molecule has 2 N–H and O–H groups in total. The first kappa shape index (κ1) is 11.0. The Balaban J connectivity index is 2.35. The van der Waals surface area contributed by atoms with Crippen LogP contribution in [0, 0.1) is 5.41 Å². The van der Waals surface area contributed by atoms with Crippen LogP contribution in [0.1, 0.15) is 32.4 Å². The van der Waals surface area contributed by atoms with Crippen molar-refractivity contribution in [2.24, 2.45) is 5.41 Å². The first-order chi connectivity index (χ1) is 7.51. The number of hydrogen-bond donors (Lipinski definition) is 2. The van der Waals surface area contributed by atoms with Crippen molar-refractivity contribution in [3.05, 3.63) is 35.9 Å². The van der Waals surface area contributed by atoms with Crippen LogP contribution < -0.4 is 10.6 Å². The van der Waals surface area contributed by atoms with E-state index >= 15 is 0 Å². The molecule has 1 heterocycles. The van der Waals surface area contributed by atoms with Gasteiger partial charge in [-0.3, -0.25) is 0 Å². The summed E-state index contributed by atoms with van der Waals surface area (Å²) in [6.07, 6.45) is 0. The topological polar surface area (TPSA) is 41.1 Å². The Morgan fingerprint density at radius 1 is 1.12 bits per heavy atom. The first-order valence-corrected chi connectivity index (χ1v) is 5.64. The zero-order valence-electron chi connectivity index (χ0n) is 9.95. The third-order valence-corrected chi connectivity index (χ3v) is 3.62. The van der Waals surface area contributed by atoms with Gasteiger partial charge < -0.3 is 10.6 Å². The SMILES string of the molecule is CC1NC(=O)NC(c2ccccc2)C1(C)C. The van der Waals surface area contributed by atoms with Crippen molar-refractivity contribution in [1.82, 2.24) is 10.6 Å². The molecule has 0 spiro atoms. The quantitative estimate of drug-likeness (QED) is 0.747. The molecule has 2 rings (SSSR count). The van der Waals surface area contributed by atoms with Gasteiger partial charge in [0.05, 0.1) is 6.04 Å². The van der Waals surface area contributed by atoms with Gasteiger partial charge in [0.25, 0.3) is 0 Å². The number of amides is 2. The van der Waals surface area contributed by atoms with Crippen LogP contribution in [0.2, 0.25) is 0 Å². The van der Waals surface area contributed by atoms with Crippen LogP contribution in [-0.4, -0.2) is 12.1 Å². The highest BCUT2D eigenvalue weighted by molar-refractivity contribution is 5.76. The van der Waals surface area contributed by atoms with Crippen LogP contribution in [0.5, 0.6) is 0 Å². The van der Waals surface area contributed by atoms with Crippen molar-refractivity contribution in [3.63, 3.8) is 0 Å². The van der Waals surface area contributed by atoms with Crippen molar-refractivity contribution < 1.29 is 4.79 Å². The van der Waals surface area contributed by atoms with E-state index in [-0.39, 0.29) is 23.5 Å². The fourth-order valence-electron chi connectivity index (χ4n) is 2.15. The van der Waals surface area contributed by atoms with Gasteiger partial charge in [-0.25, -0.2) is 4.79 Å². The van der Waals surface area contributed by atoms with Crippen molar-refractivity contribution >= 4 is 6.03 Å². The molecule has 1 aromatic rings. The van der Waals surface area contributed by atoms with Crippen LogP contribution >= 0.6 is 0 Å². The minimum Gasteiger partial charge on any atom is -0.335 e. The molecule has 0 aromatic heterocycles. The number of urea groups is 1. The predicted octanol–water partition coefficient (Wildman–Crippen LogP) is 2.46. The lowest BCUT2D eigenvalue weighted by Crippen LogP contribution is -2.59. The number of carbonyl (C=O) groups excluding carboxylic acids is 1. The summed E-state index contributed by atoms with van der Waals surface area (Å²) in [5, 5.41) is 5.92. The second-order valence-electron chi connectivity index (χ2n) is 5.00. The summed E-state index contributed by atoms with van der Waals surface area (Å²) in [4.78, 5) is 11.5. The number of hydrogen-bond acceptors (Lipinski definition) is 1. The van der Waals surface area contributed by atoms with Crippen molar-refractivity contribution in [2.75, 3.05) is 0 Å². The van der Waals surface area contributed by atoms with E-state index in [2.05, 4.69) is 43.5 Å². The van der Waals surface area contributed by atoms with Gasteiger partial charge in [0.15, 0.2) is 0 Å². The molecule has 2 amide bonds. The predicted molar refractivity (Wildman–Crippen MR) is 64.1 cm³/mol. The fourth-order valence-corrected chi connectivity index (χ4v) is 2.15. The standard InChI is InChI=1S/C13H18N2O/c1-9-13(2,3)11(15-12(16)14-9)10-7-5-4-6-8-10/h4-9,11H,1-3H3,(H2,14,15,16). The zero-order chi connectivity index (χ0) is 11.8. The van der Waals surface area contributed by atoms with E-state index in [1.807, 2.05) is 18.2 Å². The van der Waals surface area contributed by atoms with E-state index in [4.69, 9.17) is 0 Å². The molecule has 1 aromatic carbocycles. The highest BCUT2D eigenvalue weighted by Crippen LogP contribution is 2.38. The lowest BCUT2D eigenvalue weighted by atomic mass is 9.74. The van der Waals surface area contributed by atoms with Crippen LogP contribution in [0.3, 0.4) is 0 Å². The highest BCUT2D eigenvalue weighted by atomic mass is 16.2. The molecule has 3 nitrogen and oxygen atoms in total. The molecule has 2 unspecified atom stereocenters. The molecule has 1 saturated heterocycles. The second-order valence-corrected chi connectivity index (χ2v) is 5.00. The smallest absolute Gasteiger partial charge is 0.315 e. The minimum atomic E-state index is -0.0827. The van der Waals surface area contributed by atoms with Gasteiger partial charge in [0.1, 0.15) is 0 Å². The van der Waals surface area contributed by atoms with Crippen LogP contribution in [-0.2, 0) is 0 Å². The summed E-state index contributed by atoms with van der Waals surface area (Å²) in [7, 11) is 0. The van der Waals surface area contributed by atoms with E-state index in [0.29, 0.717) is 0 Å². The van der Waals surface area contributed by atoms with Crippen LogP contribution in [0.15, 0.2) is 30.3 Å².